The van der Waals surface area contributed by atoms with Crippen molar-refractivity contribution in [1.82, 2.24) is 0 Å². The van der Waals surface area contributed by atoms with E-state index < -0.39 is 0 Å². The number of isocyanates is 1. The van der Waals surface area contributed by atoms with Gasteiger partial charge in [-0.25, -0.2) is 9.79 Å². The highest BCUT2D eigenvalue weighted by Crippen LogP contribution is 2.09. The average Bonchev–Trinajstić information content (AvgIpc) is 2.26. The van der Waals surface area contributed by atoms with E-state index in [2.05, 4.69) is 11.1 Å². The van der Waals surface area contributed by atoms with Crippen molar-refractivity contribution in [1.29, 1.82) is 5.26 Å². The molecular formula is C12H20N2O. The van der Waals surface area contributed by atoms with Crippen molar-refractivity contribution in [3.8, 4) is 6.07 Å². The van der Waals surface area contributed by atoms with E-state index in [1.54, 1.807) is 6.08 Å². The van der Waals surface area contributed by atoms with Crippen LogP contribution in [0, 0.1) is 11.3 Å². The summed E-state index contributed by atoms with van der Waals surface area (Å²) in [4.78, 5) is 13.3. The zero-order valence-corrected chi connectivity index (χ0v) is 9.37. The van der Waals surface area contributed by atoms with Gasteiger partial charge in [0.2, 0.25) is 6.08 Å². The van der Waals surface area contributed by atoms with Gasteiger partial charge in [0, 0.05) is 6.42 Å². The molecule has 3 heteroatoms. The van der Waals surface area contributed by atoms with E-state index in [0.717, 1.165) is 19.3 Å². The molecule has 0 aromatic heterocycles. The van der Waals surface area contributed by atoms with Gasteiger partial charge >= 0.3 is 0 Å². The van der Waals surface area contributed by atoms with Gasteiger partial charge < -0.3 is 0 Å². The second-order valence-electron chi connectivity index (χ2n) is 3.71. The van der Waals surface area contributed by atoms with Crippen LogP contribution in [0.5, 0.6) is 0 Å². The SMILES string of the molecule is N#CCCCCCCCCCCN=C=O. The molecule has 0 aromatic rings. The predicted octanol–water partition coefficient (Wildman–Crippen LogP) is 3.36. The van der Waals surface area contributed by atoms with E-state index in [1.165, 1.54) is 32.1 Å². The normalized spacial score (nSPS) is 9.27. The van der Waals surface area contributed by atoms with E-state index in [1.807, 2.05) is 0 Å². The van der Waals surface area contributed by atoms with Crippen LogP contribution in [-0.2, 0) is 4.79 Å². The summed E-state index contributed by atoms with van der Waals surface area (Å²) in [5, 5.41) is 8.32. The summed E-state index contributed by atoms with van der Waals surface area (Å²) in [6, 6.07) is 2.16. The highest BCUT2D eigenvalue weighted by molar-refractivity contribution is 5.32. The van der Waals surface area contributed by atoms with Gasteiger partial charge in [-0.15, -0.1) is 0 Å². The summed E-state index contributed by atoms with van der Waals surface area (Å²) in [5.41, 5.74) is 0. The van der Waals surface area contributed by atoms with Gasteiger partial charge in [0.15, 0.2) is 0 Å². The number of nitrogens with zero attached hydrogens (tertiary/aromatic N) is 2. The lowest BCUT2D eigenvalue weighted by atomic mass is 10.1. The van der Waals surface area contributed by atoms with E-state index in [9.17, 15) is 4.79 Å². The molecule has 0 fully saturated rings. The monoisotopic (exact) mass is 208 g/mol. The minimum Gasteiger partial charge on any atom is -0.211 e. The maximum absolute atomic E-state index is 9.75. The zero-order valence-electron chi connectivity index (χ0n) is 9.37. The van der Waals surface area contributed by atoms with Gasteiger partial charge in [-0.3, -0.25) is 0 Å². The molecule has 0 aliphatic rings. The molecular weight excluding hydrogens is 188 g/mol. The van der Waals surface area contributed by atoms with Crippen LogP contribution < -0.4 is 0 Å². The zero-order chi connectivity index (χ0) is 11.2. The molecule has 0 spiro atoms. The van der Waals surface area contributed by atoms with Gasteiger partial charge in [-0.05, 0) is 12.8 Å². The van der Waals surface area contributed by atoms with Crippen molar-refractivity contribution in [3.05, 3.63) is 0 Å². The molecule has 0 atom stereocenters. The van der Waals surface area contributed by atoms with Gasteiger partial charge in [-0.2, -0.15) is 5.26 Å². The molecule has 0 heterocycles. The first-order chi connectivity index (χ1) is 7.41. The third-order valence-electron chi connectivity index (χ3n) is 2.37. The lowest BCUT2D eigenvalue weighted by molar-refractivity contribution is 0.557. The van der Waals surface area contributed by atoms with Crippen molar-refractivity contribution < 1.29 is 4.79 Å². The van der Waals surface area contributed by atoms with Crippen molar-refractivity contribution in [2.75, 3.05) is 6.54 Å². The molecule has 0 unspecified atom stereocenters. The number of nitriles is 1. The van der Waals surface area contributed by atoms with Gasteiger partial charge in [-0.1, -0.05) is 38.5 Å². The topological polar surface area (TPSA) is 53.2 Å². The molecule has 0 bridgehead atoms. The Bertz CT molecular complexity index is 214. The molecule has 0 aromatic carbocycles. The van der Waals surface area contributed by atoms with Crippen molar-refractivity contribution in [2.24, 2.45) is 4.99 Å². The van der Waals surface area contributed by atoms with Crippen LogP contribution >= 0.6 is 0 Å². The fourth-order valence-corrected chi connectivity index (χ4v) is 1.50. The van der Waals surface area contributed by atoms with Crippen molar-refractivity contribution in [3.63, 3.8) is 0 Å². The van der Waals surface area contributed by atoms with Crippen LogP contribution in [0.25, 0.3) is 0 Å². The first kappa shape index (κ1) is 13.9. The van der Waals surface area contributed by atoms with E-state index in [0.29, 0.717) is 13.0 Å². The Morgan fingerprint density at radius 2 is 1.40 bits per heavy atom. The smallest absolute Gasteiger partial charge is 0.211 e. The molecule has 0 aliphatic carbocycles. The summed E-state index contributed by atoms with van der Waals surface area (Å²) in [5.74, 6) is 0. The first-order valence-electron chi connectivity index (χ1n) is 5.82. The Hall–Kier alpha value is -1.13. The van der Waals surface area contributed by atoms with Crippen molar-refractivity contribution >= 4 is 6.08 Å². The molecule has 84 valence electrons. The number of hydrogen-bond donors (Lipinski definition) is 0. The summed E-state index contributed by atoms with van der Waals surface area (Å²) in [7, 11) is 0. The molecule has 0 saturated heterocycles. The molecule has 0 rings (SSSR count). The second-order valence-corrected chi connectivity index (χ2v) is 3.71. The molecule has 3 nitrogen and oxygen atoms in total. The summed E-state index contributed by atoms with van der Waals surface area (Å²) in [6.45, 7) is 0.631. The Balaban J connectivity index is 2.93. The highest BCUT2D eigenvalue weighted by atomic mass is 16.1. The molecule has 0 amide bonds. The number of hydrogen-bond acceptors (Lipinski definition) is 3. The standard InChI is InChI=1S/C12H20N2O/c13-10-8-6-4-2-1-3-5-7-9-11-14-12-15/h1-9,11H2. The van der Waals surface area contributed by atoms with E-state index in [4.69, 9.17) is 5.26 Å². The van der Waals surface area contributed by atoms with Gasteiger partial charge in [0.25, 0.3) is 0 Å². The Morgan fingerprint density at radius 1 is 0.867 bits per heavy atom. The molecule has 0 N–H and O–H groups in total. The number of aliphatic imine (C=N–C) groups is 1. The average molecular weight is 208 g/mol. The molecule has 0 saturated carbocycles. The van der Waals surface area contributed by atoms with Crippen LogP contribution in [0.3, 0.4) is 0 Å². The summed E-state index contributed by atoms with van der Waals surface area (Å²) < 4.78 is 0. The fourth-order valence-electron chi connectivity index (χ4n) is 1.50. The molecule has 0 aliphatic heterocycles. The van der Waals surface area contributed by atoms with Crippen LogP contribution in [0.4, 0.5) is 0 Å². The fraction of sp³-hybridized carbons (Fsp3) is 0.833. The highest BCUT2D eigenvalue weighted by Gasteiger charge is 1.91. The number of unbranched alkanes of at least 4 members (excludes halogenated alkanes) is 8. The largest absolute Gasteiger partial charge is 0.234 e. The number of carbonyl (C=O) groups excluding carboxylic acids is 1. The van der Waals surface area contributed by atoms with E-state index >= 15 is 0 Å². The van der Waals surface area contributed by atoms with Crippen LogP contribution in [-0.4, -0.2) is 12.6 Å². The summed E-state index contributed by atoms with van der Waals surface area (Å²) >= 11 is 0. The van der Waals surface area contributed by atoms with Gasteiger partial charge in [0.05, 0.1) is 12.6 Å². The first-order valence-corrected chi connectivity index (χ1v) is 5.82. The van der Waals surface area contributed by atoms with Crippen LogP contribution in [0.2, 0.25) is 0 Å². The molecule has 15 heavy (non-hydrogen) atoms. The number of rotatable bonds is 10. The third kappa shape index (κ3) is 12.9. The van der Waals surface area contributed by atoms with Crippen LogP contribution in [0.15, 0.2) is 4.99 Å². The lowest BCUT2D eigenvalue weighted by Crippen LogP contribution is -1.83. The maximum Gasteiger partial charge on any atom is 0.234 e. The quantitative estimate of drug-likeness (QED) is 0.314. The Kier molecular flexibility index (Phi) is 11.9. The Morgan fingerprint density at radius 3 is 1.93 bits per heavy atom. The van der Waals surface area contributed by atoms with Crippen molar-refractivity contribution in [2.45, 2.75) is 57.8 Å². The Labute approximate surface area is 92.2 Å². The minimum atomic E-state index is 0.631. The molecule has 0 radical (unpaired) electrons. The second kappa shape index (κ2) is 12.9. The van der Waals surface area contributed by atoms with E-state index in [-0.39, 0.29) is 0 Å². The third-order valence-corrected chi connectivity index (χ3v) is 2.37. The predicted molar refractivity (Wildman–Crippen MR) is 60.2 cm³/mol. The van der Waals surface area contributed by atoms with Crippen LogP contribution in [0.1, 0.15) is 57.8 Å². The van der Waals surface area contributed by atoms with Gasteiger partial charge in [0.1, 0.15) is 0 Å². The maximum atomic E-state index is 9.75. The lowest BCUT2D eigenvalue weighted by Gasteiger charge is -1.99. The summed E-state index contributed by atoms with van der Waals surface area (Å²) in [6.07, 6.45) is 11.6. The minimum absolute atomic E-state index is 0.631.